The molecule has 0 aliphatic carbocycles. The average Bonchev–Trinajstić information content (AvgIpc) is 4.02. The van der Waals surface area contributed by atoms with Crippen LogP contribution < -0.4 is 26.7 Å². The van der Waals surface area contributed by atoms with Crippen molar-refractivity contribution in [1.82, 2.24) is 19.9 Å². The van der Waals surface area contributed by atoms with Gasteiger partial charge in [0, 0.05) is 37.7 Å². The number of sulfonamides is 1. The van der Waals surface area contributed by atoms with Gasteiger partial charge < -0.3 is 19.9 Å². The lowest BCUT2D eigenvalue weighted by atomic mass is 10.0. The summed E-state index contributed by atoms with van der Waals surface area (Å²) in [5.74, 6) is 2.40. The molecule has 8 aromatic rings. The van der Waals surface area contributed by atoms with E-state index >= 15 is 0 Å². The summed E-state index contributed by atoms with van der Waals surface area (Å²) in [7, 11) is -3.66. The van der Waals surface area contributed by atoms with Crippen molar-refractivity contribution >= 4 is 82.1 Å². The molecule has 9 rings (SSSR count). The number of anilines is 1. The summed E-state index contributed by atoms with van der Waals surface area (Å²) in [5, 5.41) is 6.81. The third-order valence-electron chi connectivity index (χ3n) is 12.2. The Labute approximate surface area is 362 Å². The van der Waals surface area contributed by atoms with Crippen LogP contribution in [0, 0.1) is 0 Å². The Bertz CT molecular complexity index is 3200. The maximum Gasteiger partial charge on any atom is 0.232 e. The molecule has 0 unspecified atom stereocenters. The van der Waals surface area contributed by atoms with Gasteiger partial charge in [-0.2, -0.15) is 0 Å². The summed E-state index contributed by atoms with van der Waals surface area (Å²) < 4.78 is 30.4. The van der Waals surface area contributed by atoms with E-state index in [1.54, 1.807) is 6.07 Å². The highest BCUT2D eigenvalue weighted by atomic mass is 32.2. The van der Waals surface area contributed by atoms with Gasteiger partial charge in [0.15, 0.2) is 0 Å². The Morgan fingerprint density at radius 1 is 0.403 bits per heavy atom. The Balaban J connectivity index is 0.986. The Kier molecular flexibility index (Phi) is 12.6. The molecule has 0 atom stereocenters. The zero-order chi connectivity index (χ0) is 42.3. The molecule has 0 fully saturated rings. The first-order valence-electron chi connectivity index (χ1n) is 22.8. The fourth-order valence-electron chi connectivity index (χ4n) is 8.97. The van der Waals surface area contributed by atoms with Gasteiger partial charge in [0.05, 0.1) is 16.8 Å². The quantitative estimate of drug-likeness (QED) is 0.0513. The van der Waals surface area contributed by atoms with Crippen LogP contribution in [-0.2, 0) is 10.0 Å². The number of hydrogen-bond donors (Lipinski definition) is 5. The Morgan fingerprint density at radius 3 is 1.21 bits per heavy atom. The molecule has 4 aromatic carbocycles. The van der Waals surface area contributed by atoms with Gasteiger partial charge in [0.2, 0.25) is 10.0 Å². The number of benzene rings is 4. The minimum atomic E-state index is -3.66. The molecule has 1 aliphatic heterocycles. The second-order valence-corrected chi connectivity index (χ2v) is 18.7. The van der Waals surface area contributed by atoms with Crippen LogP contribution in [0.5, 0.6) is 0 Å². The smallest absolute Gasteiger partial charge is 0.232 e. The lowest BCUT2D eigenvalue weighted by molar-refractivity contribution is 0.531. The van der Waals surface area contributed by atoms with E-state index in [4.69, 9.17) is 20.0 Å². The van der Waals surface area contributed by atoms with Crippen molar-refractivity contribution < 1.29 is 8.42 Å². The molecule has 0 saturated carbocycles. The van der Waals surface area contributed by atoms with Crippen molar-refractivity contribution in [3.05, 3.63) is 113 Å². The van der Waals surface area contributed by atoms with Gasteiger partial charge in [0.1, 0.15) is 45.2 Å². The molecule has 4 aromatic heterocycles. The van der Waals surface area contributed by atoms with E-state index in [9.17, 15) is 8.42 Å². The summed E-state index contributed by atoms with van der Waals surface area (Å²) in [6.45, 7) is 2.27. The average molecular weight is 848 g/mol. The SMILES string of the molecule is CCCCCCCCCCCCCCCCCCS(=O)(=O)Nc1cccc2c3[nH]c(c12)N=c1[nH]c(c2ccccc12)=Nc1[nH]c(c2ccccc12)N=c1[nH]c(c2ccccc12)=N3. The zero-order valence-electron chi connectivity index (χ0n) is 35.7. The van der Waals surface area contributed by atoms with Gasteiger partial charge in [-0.05, 0) is 12.5 Å². The van der Waals surface area contributed by atoms with Crippen molar-refractivity contribution in [2.75, 3.05) is 10.5 Å². The fourth-order valence-corrected chi connectivity index (χ4v) is 10.2. The van der Waals surface area contributed by atoms with Gasteiger partial charge in [-0.25, -0.2) is 28.4 Å². The van der Waals surface area contributed by atoms with Gasteiger partial charge in [-0.1, -0.05) is 188 Å². The van der Waals surface area contributed by atoms with E-state index in [1.165, 1.54) is 77.0 Å². The van der Waals surface area contributed by atoms with Crippen LogP contribution in [0.2, 0.25) is 0 Å². The van der Waals surface area contributed by atoms with Crippen LogP contribution in [0.1, 0.15) is 110 Å². The molecule has 62 heavy (non-hydrogen) atoms. The van der Waals surface area contributed by atoms with Gasteiger partial charge in [-0.15, -0.1) is 0 Å². The van der Waals surface area contributed by atoms with Crippen LogP contribution in [0.25, 0.3) is 43.1 Å². The lowest BCUT2D eigenvalue weighted by Gasteiger charge is -2.10. The fraction of sp³-hybridized carbons (Fsp3) is 0.360. The van der Waals surface area contributed by atoms with Crippen LogP contribution in [0.3, 0.4) is 0 Å². The predicted octanol–water partition coefficient (Wildman–Crippen LogP) is 11.7. The van der Waals surface area contributed by atoms with Crippen molar-refractivity contribution in [3.8, 4) is 0 Å². The maximum atomic E-state index is 13.7. The topological polar surface area (TPSA) is 159 Å². The second kappa shape index (κ2) is 18.9. The van der Waals surface area contributed by atoms with Crippen LogP contribution in [-0.4, -0.2) is 34.1 Å². The normalized spacial score (nSPS) is 12.7. The molecule has 320 valence electrons. The first kappa shape index (κ1) is 41.3. The van der Waals surface area contributed by atoms with Gasteiger partial charge >= 0.3 is 0 Å². The van der Waals surface area contributed by atoms with E-state index in [-0.39, 0.29) is 5.75 Å². The summed E-state index contributed by atoms with van der Waals surface area (Å²) in [6.07, 6.45) is 19.8. The molecule has 0 radical (unpaired) electrons. The molecule has 1 aliphatic rings. The summed E-state index contributed by atoms with van der Waals surface area (Å²) in [4.78, 5) is 34.6. The van der Waals surface area contributed by atoms with Crippen molar-refractivity contribution in [2.24, 2.45) is 20.0 Å². The van der Waals surface area contributed by atoms with Gasteiger partial charge in [0.25, 0.3) is 0 Å². The number of unbranched alkanes of at least 4 members (excludes halogenated alkanes) is 15. The molecule has 0 saturated heterocycles. The third-order valence-corrected chi connectivity index (χ3v) is 13.6. The number of nitrogens with one attached hydrogen (secondary N) is 5. The van der Waals surface area contributed by atoms with Gasteiger partial charge in [-0.3, -0.25) is 4.72 Å². The lowest BCUT2D eigenvalue weighted by Crippen LogP contribution is -2.16. The molecule has 5 heterocycles. The molecule has 0 spiro atoms. The van der Waals surface area contributed by atoms with Crippen LogP contribution in [0.15, 0.2) is 111 Å². The number of nitrogens with zero attached hydrogens (tertiary/aromatic N) is 4. The zero-order valence-corrected chi connectivity index (χ0v) is 36.5. The minimum Gasteiger partial charge on any atom is -0.324 e. The van der Waals surface area contributed by atoms with E-state index in [2.05, 4.69) is 31.6 Å². The number of hydrogen-bond acceptors (Lipinski definition) is 6. The first-order valence-corrected chi connectivity index (χ1v) is 24.5. The number of aromatic nitrogens is 4. The number of rotatable bonds is 19. The molecule has 8 bridgehead atoms. The Morgan fingerprint density at radius 2 is 0.758 bits per heavy atom. The summed E-state index contributed by atoms with van der Waals surface area (Å²) in [6, 6.07) is 29.7. The Hall–Kier alpha value is -6.01. The monoisotopic (exact) mass is 847 g/mol. The molecule has 5 N–H and O–H groups in total. The number of H-pyrrole nitrogens is 4. The molecule has 11 nitrogen and oxygen atoms in total. The third kappa shape index (κ3) is 9.11. The van der Waals surface area contributed by atoms with Crippen LogP contribution in [0.4, 0.5) is 29.0 Å². The minimum absolute atomic E-state index is 0.0534. The van der Waals surface area contributed by atoms with E-state index < -0.39 is 10.0 Å². The highest BCUT2D eigenvalue weighted by Crippen LogP contribution is 2.39. The molecular weight excluding hydrogens is 791 g/mol. The number of aromatic amines is 4. The van der Waals surface area contributed by atoms with Crippen LogP contribution >= 0.6 is 0 Å². The van der Waals surface area contributed by atoms with Crippen molar-refractivity contribution in [1.29, 1.82) is 0 Å². The predicted molar refractivity (Wildman–Crippen MR) is 253 cm³/mol. The van der Waals surface area contributed by atoms with Crippen molar-refractivity contribution in [3.63, 3.8) is 0 Å². The highest BCUT2D eigenvalue weighted by Gasteiger charge is 2.19. The summed E-state index contributed by atoms with van der Waals surface area (Å²) in [5.41, 5.74) is 2.94. The molecule has 12 heteroatoms. The molecular formula is C50H57N9O2S. The highest BCUT2D eigenvalue weighted by molar-refractivity contribution is 7.92. The van der Waals surface area contributed by atoms with E-state index in [1.807, 2.05) is 84.9 Å². The van der Waals surface area contributed by atoms with E-state index in [0.29, 0.717) is 62.7 Å². The van der Waals surface area contributed by atoms with Crippen molar-refractivity contribution in [2.45, 2.75) is 110 Å². The maximum absolute atomic E-state index is 13.7. The molecule has 0 amide bonds. The standard InChI is InChI=1S/C50H57N9O2S/c1-2-3-4-5-6-7-8-9-10-11-12-13-14-15-16-23-33-62(60,61)59-41-32-24-31-40-42(41)50-57-48-39-30-22-21-29-38(39)46(55-48)53-44-35-26-18-17-25-34(35)43(51-44)52-45-36-27-19-20-28-37(36)47(54-45)56-49(40)58-50/h17-22,24-32,59H,2-16,23,33H2,1H3,(H4,51,52,53,54,55,56,57,58). The first-order chi connectivity index (χ1) is 30.5. The largest absolute Gasteiger partial charge is 0.324 e. The number of fused-ring (bicyclic) bond motifs is 20. The van der Waals surface area contributed by atoms with E-state index in [0.717, 1.165) is 57.0 Å². The second-order valence-electron chi connectivity index (χ2n) is 16.8. The summed E-state index contributed by atoms with van der Waals surface area (Å²) >= 11 is 0.